The van der Waals surface area contributed by atoms with Crippen molar-refractivity contribution in [1.29, 1.82) is 0 Å². The summed E-state index contributed by atoms with van der Waals surface area (Å²) in [6.45, 7) is 4.91. The topological polar surface area (TPSA) is 61.8 Å². The molecule has 0 aromatic heterocycles. The van der Waals surface area contributed by atoms with E-state index in [-0.39, 0.29) is 17.9 Å². The first-order valence-corrected chi connectivity index (χ1v) is 17.0. The molecule has 2 N–H and O–H groups in total. The first kappa shape index (κ1) is 28.1. The van der Waals surface area contributed by atoms with Crippen molar-refractivity contribution in [2.24, 2.45) is 23.7 Å². The van der Waals surface area contributed by atoms with E-state index in [1.165, 1.54) is 24.0 Å². The lowest BCUT2D eigenvalue weighted by molar-refractivity contribution is 0.0570. The fraction of sp³-hybridized carbons (Fsp3) is 0.576. The van der Waals surface area contributed by atoms with E-state index in [4.69, 9.17) is 16.3 Å². The van der Waals surface area contributed by atoms with Crippen molar-refractivity contribution in [3.63, 3.8) is 0 Å². The number of aliphatic hydroxyl groups is 1. The summed E-state index contributed by atoms with van der Waals surface area (Å²) in [6.07, 6.45) is 8.90. The van der Waals surface area contributed by atoms with Gasteiger partial charge in [0.05, 0.1) is 12.3 Å². The third-order valence-corrected chi connectivity index (χ3v) is 11.7. The van der Waals surface area contributed by atoms with E-state index >= 15 is 0 Å². The summed E-state index contributed by atoms with van der Waals surface area (Å²) in [4.78, 5) is 15.9. The van der Waals surface area contributed by atoms with Gasteiger partial charge in [-0.2, -0.15) is 0 Å². The van der Waals surface area contributed by atoms with E-state index < -0.39 is 10.7 Å². The molecule has 7 heteroatoms. The van der Waals surface area contributed by atoms with E-state index in [1.807, 2.05) is 24.3 Å². The molecule has 1 spiro atoms. The van der Waals surface area contributed by atoms with Gasteiger partial charge < -0.3 is 19.5 Å². The van der Waals surface area contributed by atoms with Gasteiger partial charge in [-0.15, -0.1) is 10.7 Å². The fourth-order valence-electron chi connectivity index (χ4n) is 7.81. The van der Waals surface area contributed by atoms with Crippen molar-refractivity contribution < 1.29 is 14.6 Å². The monoisotopic (exact) mass is 582 g/mol. The highest BCUT2D eigenvalue weighted by Gasteiger charge is 2.44. The Kier molecular flexibility index (Phi) is 8.22. The second-order valence-corrected chi connectivity index (χ2v) is 14.8. The molecule has 2 heterocycles. The number of aliphatic hydroxyl groups excluding tert-OH is 1. The maximum absolute atomic E-state index is 13.4. The maximum Gasteiger partial charge on any atom is 0.260 e. The van der Waals surface area contributed by atoms with Crippen LogP contribution < -0.4 is 14.4 Å². The predicted molar refractivity (Wildman–Crippen MR) is 167 cm³/mol. The van der Waals surface area contributed by atoms with Gasteiger partial charge in [0.25, 0.3) is 5.91 Å². The molecule has 4 aliphatic rings. The van der Waals surface area contributed by atoms with Gasteiger partial charge in [0.2, 0.25) is 0 Å². The van der Waals surface area contributed by atoms with Crippen LogP contribution in [0, 0.1) is 23.7 Å². The number of amides is 1. The molecule has 1 amide bonds. The molecule has 6 atom stereocenters. The summed E-state index contributed by atoms with van der Waals surface area (Å²) in [6, 6.07) is 12.3. The smallest absolute Gasteiger partial charge is 0.260 e. The normalized spacial score (nSPS) is 32.6. The Morgan fingerprint density at radius 2 is 2.05 bits per heavy atom. The minimum atomic E-state index is -0.440. The van der Waals surface area contributed by atoms with Crippen molar-refractivity contribution in [3.8, 4) is 5.75 Å². The third-order valence-electron chi connectivity index (χ3n) is 10.1. The van der Waals surface area contributed by atoms with E-state index in [1.54, 1.807) is 0 Å². The van der Waals surface area contributed by atoms with Crippen LogP contribution >= 0.6 is 22.3 Å². The molecule has 2 aliphatic carbocycles. The van der Waals surface area contributed by atoms with Crippen molar-refractivity contribution in [1.82, 2.24) is 4.72 Å². The van der Waals surface area contributed by atoms with Crippen LogP contribution in [0.3, 0.4) is 0 Å². The quantitative estimate of drug-likeness (QED) is 0.371. The maximum atomic E-state index is 13.4. The lowest BCUT2D eigenvalue weighted by atomic mass is 9.65. The molecule has 2 aromatic carbocycles. The predicted octanol–water partition coefficient (Wildman–Crippen LogP) is 6.61. The number of fused-ring (bicyclic) bond motifs is 4. The zero-order chi connectivity index (χ0) is 27.9. The van der Waals surface area contributed by atoms with Gasteiger partial charge in [-0.25, -0.2) is 0 Å². The molecule has 2 aromatic rings. The number of halogens is 1. The lowest BCUT2D eigenvalue weighted by Gasteiger charge is -2.46. The largest absolute Gasteiger partial charge is 0.490 e. The summed E-state index contributed by atoms with van der Waals surface area (Å²) < 4.78 is 9.80. The zero-order valence-corrected chi connectivity index (χ0v) is 25.2. The Labute approximate surface area is 246 Å². The van der Waals surface area contributed by atoms with E-state index in [0.29, 0.717) is 35.8 Å². The zero-order valence-electron chi connectivity index (χ0n) is 23.7. The number of ether oxygens (including phenoxy) is 1. The number of aryl methyl sites for hydroxylation is 1. The molecule has 0 radical (unpaired) electrons. The number of carbonyl (C=O) groups excluding carboxylic acids is 1. The second-order valence-electron chi connectivity index (χ2n) is 12.9. The molecule has 5 nitrogen and oxygen atoms in total. The summed E-state index contributed by atoms with van der Waals surface area (Å²) >= 11 is 6.42. The van der Waals surface area contributed by atoms with Crippen LogP contribution in [-0.4, -0.2) is 48.9 Å². The van der Waals surface area contributed by atoms with Gasteiger partial charge >= 0.3 is 0 Å². The fourth-order valence-corrected chi connectivity index (χ4v) is 9.32. The molecule has 6 rings (SSSR count). The average Bonchev–Trinajstić information content (AvgIpc) is 3.06. The highest BCUT2D eigenvalue weighted by molar-refractivity contribution is 8.12. The highest BCUT2D eigenvalue weighted by Crippen LogP contribution is 2.48. The van der Waals surface area contributed by atoms with Crippen molar-refractivity contribution in [2.75, 3.05) is 37.0 Å². The van der Waals surface area contributed by atoms with Crippen LogP contribution in [0.15, 0.2) is 36.4 Å². The molecule has 0 saturated heterocycles. The molecular formula is C33H43ClN2O3S. The number of hydrogen-bond acceptors (Lipinski definition) is 4. The standard InChI is InChI=1S/C33H43ClN2O3S/c1-22-5-3-6-26(18-37)28-11-8-25(28)17-36-20-33(14-4-7-23-15-27(34)10-12-29(23)33)21-39-31-13-9-24(16-30(31)36)32(38)35-40(2)19-22/h9-10,12-13,15-16,22,25-26,28,37H,2-8,11,14,17-21H2,1H3,(H,35,38)/t22?,25?,26-,28?,33-,40?/m0/s1. The lowest BCUT2D eigenvalue weighted by Crippen LogP contribution is -2.49. The minimum Gasteiger partial charge on any atom is -0.490 e. The molecule has 4 unspecified atom stereocenters. The minimum absolute atomic E-state index is 0.0566. The number of benzene rings is 2. The second kappa shape index (κ2) is 11.7. The van der Waals surface area contributed by atoms with Crippen LogP contribution in [0.4, 0.5) is 5.69 Å². The number of carbonyl (C=O) groups is 1. The van der Waals surface area contributed by atoms with Gasteiger partial charge in [-0.3, -0.25) is 4.79 Å². The Bertz CT molecular complexity index is 1280. The van der Waals surface area contributed by atoms with Gasteiger partial charge in [-0.1, -0.05) is 36.9 Å². The Hall–Kier alpha value is -2.02. The molecule has 1 saturated carbocycles. The van der Waals surface area contributed by atoms with Crippen LogP contribution in [0.2, 0.25) is 5.02 Å². The first-order chi connectivity index (χ1) is 19.3. The van der Waals surface area contributed by atoms with E-state index in [2.05, 4.69) is 34.5 Å². The van der Waals surface area contributed by atoms with Gasteiger partial charge in [0, 0.05) is 41.5 Å². The van der Waals surface area contributed by atoms with E-state index in [0.717, 1.165) is 73.8 Å². The Balaban J connectivity index is 1.39. The van der Waals surface area contributed by atoms with Crippen LogP contribution in [0.25, 0.3) is 0 Å². The van der Waals surface area contributed by atoms with Crippen LogP contribution in [-0.2, 0) is 11.8 Å². The first-order valence-electron chi connectivity index (χ1n) is 15.1. The highest BCUT2D eigenvalue weighted by atomic mass is 35.5. The third kappa shape index (κ3) is 5.56. The summed E-state index contributed by atoms with van der Waals surface area (Å²) in [7, 11) is -0.440. The van der Waals surface area contributed by atoms with Gasteiger partial charge in [-0.05, 0) is 110 Å². The Morgan fingerprint density at radius 3 is 2.85 bits per heavy atom. The van der Waals surface area contributed by atoms with E-state index in [9.17, 15) is 9.90 Å². The number of anilines is 1. The van der Waals surface area contributed by atoms with Crippen LogP contribution in [0.1, 0.15) is 73.4 Å². The average molecular weight is 583 g/mol. The molecule has 216 valence electrons. The number of nitrogens with zero attached hydrogens (tertiary/aromatic N) is 1. The molecule has 1 fully saturated rings. The SMILES string of the molecule is C=S1CC(C)CCC[C@@H](CO)C2CCC2CN2C[C@@]3(CCCc4cc(Cl)ccc43)COc3ccc(cc32)C(=O)N1. The molecule has 2 bridgehead atoms. The summed E-state index contributed by atoms with van der Waals surface area (Å²) in [5.41, 5.74) is 4.24. The number of rotatable bonds is 1. The van der Waals surface area contributed by atoms with Gasteiger partial charge in [0.1, 0.15) is 5.75 Å². The molecule has 2 aliphatic heterocycles. The number of hydrogen-bond donors (Lipinski definition) is 2. The van der Waals surface area contributed by atoms with Crippen LogP contribution in [0.5, 0.6) is 5.75 Å². The summed E-state index contributed by atoms with van der Waals surface area (Å²) in [5.74, 6) is 7.88. The van der Waals surface area contributed by atoms with Crippen molar-refractivity contribution >= 4 is 39.7 Å². The van der Waals surface area contributed by atoms with Crippen molar-refractivity contribution in [3.05, 3.63) is 58.1 Å². The number of nitrogens with one attached hydrogen (secondary N) is 1. The molecular weight excluding hydrogens is 540 g/mol. The summed E-state index contributed by atoms with van der Waals surface area (Å²) in [5, 5.41) is 11.2. The Morgan fingerprint density at radius 1 is 1.18 bits per heavy atom. The van der Waals surface area contributed by atoms with Gasteiger partial charge in [0.15, 0.2) is 0 Å². The molecule has 40 heavy (non-hydrogen) atoms. The van der Waals surface area contributed by atoms with Crippen molar-refractivity contribution in [2.45, 2.75) is 63.7 Å².